The average Bonchev–Trinajstić information content (AvgIpc) is 2.72. The van der Waals surface area contributed by atoms with Crippen molar-refractivity contribution in [1.82, 2.24) is 9.97 Å². The van der Waals surface area contributed by atoms with E-state index in [9.17, 15) is 5.26 Å². The van der Waals surface area contributed by atoms with E-state index in [1.165, 1.54) is 11.8 Å². The third kappa shape index (κ3) is 5.06. The summed E-state index contributed by atoms with van der Waals surface area (Å²) in [5.74, 6) is 2.08. The van der Waals surface area contributed by atoms with Crippen LogP contribution in [0, 0.1) is 11.3 Å². The number of rotatable bonds is 7. The van der Waals surface area contributed by atoms with Crippen LogP contribution in [0.15, 0.2) is 53.7 Å². The van der Waals surface area contributed by atoms with Crippen molar-refractivity contribution in [3.63, 3.8) is 0 Å². The first-order valence-electron chi connectivity index (χ1n) is 8.29. The minimum atomic E-state index is 0.0945. The molecular weight excluding hydrogens is 396 g/mol. The van der Waals surface area contributed by atoms with E-state index < -0.39 is 0 Å². The number of anilines is 1. The fourth-order valence-electron chi connectivity index (χ4n) is 2.37. The molecule has 2 N–H and O–H groups in total. The molecule has 0 radical (unpaired) electrons. The number of ether oxygens (including phenoxy) is 2. The van der Waals surface area contributed by atoms with Gasteiger partial charge in [-0.15, -0.1) is 0 Å². The monoisotopic (exact) mass is 412 g/mol. The van der Waals surface area contributed by atoms with Gasteiger partial charge in [-0.05, 0) is 29.8 Å². The van der Waals surface area contributed by atoms with E-state index in [2.05, 4.69) is 16.0 Å². The van der Waals surface area contributed by atoms with Crippen molar-refractivity contribution in [3.05, 3.63) is 70.4 Å². The van der Waals surface area contributed by atoms with Gasteiger partial charge in [-0.25, -0.2) is 9.97 Å². The topological polar surface area (TPSA) is 94.1 Å². The van der Waals surface area contributed by atoms with Crippen molar-refractivity contribution >= 4 is 29.2 Å². The van der Waals surface area contributed by atoms with E-state index >= 15 is 0 Å². The van der Waals surface area contributed by atoms with Gasteiger partial charge in [-0.3, -0.25) is 0 Å². The lowest BCUT2D eigenvalue weighted by molar-refractivity contribution is 0.297. The quantitative estimate of drug-likeness (QED) is 0.452. The molecule has 142 valence electrons. The first-order chi connectivity index (χ1) is 13.6. The second kappa shape index (κ2) is 9.31. The zero-order valence-electron chi connectivity index (χ0n) is 15.1. The second-order valence-corrected chi connectivity index (χ2v) is 7.09. The lowest BCUT2D eigenvalue weighted by Gasteiger charge is -2.11. The molecule has 0 saturated heterocycles. The van der Waals surface area contributed by atoms with Crippen LogP contribution in [0.25, 0.3) is 0 Å². The third-order valence-electron chi connectivity index (χ3n) is 3.80. The molecule has 1 heterocycles. The number of thioether (sulfide) groups is 1. The van der Waals surface area contributed by atoms with Gasteiger partial charge < -0.3 is 15.2 Å². The number of hydrogen-bond acceptors (Lipinski definition) is 7. The normalized spacial score (nSPS) is 10.3. The van der Waals surface area contributed by atoms with E-state index in [0.717, 1.165) is 5.56 Å². The number of benzene rings is 2. The van der Waals surface area contributed by atoms with Crippen molar-refractivity contribution < 1.29 is 9.47 Å². The van der Waals surface area contributed by atoms with Crippen LogP contribution in [0.1, 0.15) is 16.8 Å². The van der Waals surface area contributed by atoms with Crippen molar-refractivity contribution in [1.29, 1.82) is 5.26 Å². The summed E-state index contributed by atoms with van der Waals surface area (Å²) in [7, 11) is 1.59. The summed E-state index contributed by atoms with van der Waals surface area (Å²) in [6.45, 7) is 0.0945. The van der Waals surface area contributed by atoms with E-state index in [1.807, 2.05) is 36.4 Å². The van der Waals surface area contributed by atoms with Crippen LogP contribution in [-0.2, 0) is 12.4 Å². The largest absolute Gasteiger partial charge is 0.497 e. The highest BCUT2D eigenvalue weighted by Gasteiger charge is 2.14. The molecule has 28 heavy (non-hydrogen) atoms. The number of methoxy groups -OCH3 is 1. The number of hydrogen-bond donors (Lipinski definition) is 1. The smallest absolute Gasteiger partial charge is 0.190 e. The number of nitrogen functional groups attached to an aromatic ring is 1. The summed E-state index contributed by atoms with van der Waals surface area (Å²) in [5.41, 5.74) is 7.70. The van der Waals surface area contributed by atoms with Crippen molar-refractivity contribution in [2.45, 2.75) is 17.5 Å². The number of nitriles is 1. The Labute approximate surface area is 172 Å². The molecule has 3 aromatic rings. The van der Waals surface area contributed by atoms with Gasteiger partial charge in [0.05, 0.1) is 7.11 Å². The Morgan fingerprint density at radius 2 is 1.89 bits per heavy atom. The fourth-order valence-corrected chi connectivity index (χ4v) is 3.32. The molecule has 8 heteroatoms. The van der Waals surface area contributed by atoms with Gasteiger partial charge in [0, 0.05) is 16.8 Å². The van der Waals surface area contributed by atoms with Gasteiger partial charge in [0.2, 0.25) is 0 Å². The Hall–Kier alpha value is -2.95. The van der Waals surface area contributed by atoms with Gasteiger partial charge in [0.1, 0.15) is 41.3 Å². The van der Waals surface area contributed by atoms with Gasteiger partial charge in [0.25, 0.3) is 0 Å². The molecule has 6 nitrogen and oxygen atoms in total. The lowest BCUT2D eigenvalue weighted by Crippen LogP contribution is -2.08. The van der Waals surface area contributed by atoms with Crippen LogP contribution < -0.4 is 15.2 Å². The molecule has 0 aliphatic rings. The Bertz CT molecular complexity index is 1010. The van der Waals surface area contributed by atoms with Crippen LogP contribution in [0.5, 0.6) is 11.5 Å². The lowest BCUT2D eigenvalue weighted by atomic mass is 10.2. The predicted molar refractivity (Wildman–Crippen MR) is 109 cm³/mol. The highest BCUT2D eigenvalue weighted by Crippen LogP contribution is 2.25. The van der Waals surface area contributed by atoms with E-state index in [4.69, 9.17) is 26.8 Å². The maximum Gasteiger partial charge on any atom is 0.190 e. The molecule has 0 atom stereocenters. The number of nitrogens with zero attached hydrogens (tertiary/aromatic N) is 3. The first-order valence-corrected chi connectivity index (χ1v) is 9.66. The highest BCUT2D eigenvalue weighted by molar-refractivity contribution is 7.98. The zero-order valence-corrected chi connectivity index (χ0v) is 16.6. The SMILES string of the molecule is COc1cccc(OCc2nc(SCc3ccc(Cl)cc3)nc(N)c2C#N)c1. The number of nitrogens with two attached hydrogens (primary N) is 1. The molecule has 0 spiro atoms. The fraction of sp³-hybridized carbons (Fsp3) is 0.150. The van der Waals surface area contributed by atoms with E-state index in [1.54, 1.807) is 19.2 Å². The molecular formula is C20H17ClN4O2S. The molecule has 3 rings (SSSR count). The summed E-state index contributed by atoms with van der Waals surface area (Å²) in [4.78, 5) is 8.69. The van der Waals surface area contributed by atoms with Crippen molar-refractivity contribution in [2.24, 2.45) is 0 Å². The number of aromatic nitrogens is 2. The molecule has 0 saturated carbocycles. The van der Waals surface area contributed by atoms with Crippen LogP contribution in [0.2, 0.25) is 5.02 Å². The standard InChI is InChI=1S/C20H17ClN4O2S/c1-26-15-3-2-4-16(9-15)27-11-18-17(10-22)19(23)25-20(24-18)28-12-13-5-7-14(21)8-6-13/h2-9H,11-12H2,1H3,(H2,23,24,25). The summed E-state index contributed by atoms with van der Waals surface area (Å²) >= 11 is 7.33. The first kappa shape index (κ1) is 19.8. The second-order valence-electron chi connectivity index (χ2n) is 5.71. The predicted octanol–water partition coefficient (Wildman–Crippen LogP) is 4.46. The molecule has 0 bridgehead atoms. The van der Waals surface area contributed by atoms with Crippen LogP contribution >= 0.6 is 23.4 Å². The summed E-state index contributed by atoms with van der Waals surface area (Å²) < 4.78 is 10.9. The highest BCUT2D eigenvalue weighted by atomic mass is 35.5. The maximum atomic E-state index is 9.40. The molecule has 0 unspecified atom stereocenters. The van der Waals surface area contributed by atoms with E-state index in [0.29, 0.717) is 33.1 Å². The molecule has 1 aromatic heterocycles. The van der Waals surface area contributed by atoms with Gasteiger partial charge in [-0.2, -0.15) is 5.26 Å². The van der Waals surface area contributed by atoms with Crippen molar-refractivity contribution in [2.75, 3.05) is 12.8 Å². The van der Waals surface area contributed by atoms with E-state index in [-0.39, 0.29) is 18.0 Å². The number of halogens is 1. The zero-order chi connectivity index (χ0) is 19.9. The Balaban J connectivity index is 1.75. The average molecular weight is 413 g/mol. The summed E-state index contributed by atoms with van der Waals surface area (Å²) in [6.07, 6.45) is 0. The Kier molecular flexibility index (Phi) is 6.58. The van der Waals surface area contributed by atoms with Crippen LogP contribution in [0.4, 0.5) is 5.82 Å². The molecule has 0 aliphatic heterocycles. The van der Waals surface area contributed by atoms with Crippen LogP contribution in [0.3, 0.4) is 0 Å². The molecule has 2 aromatic carbocycles. The maximum absolute atomic E-state index is 9.40. The van der Waals surface area contributed by atoms with Gasteiger partial charge in [0.15, 0.2) is 5.16 Å². The van der Waals surface area contributed by atoms with Crippen molar-refractivity contribution in [3.8, 4) is 17.6 Å². The molecule has 0 aliphatic carbocycles. The third-order valence-corrected chi connectivity index (χ3v) is 4.97. The molecule has 0 fully saturated rings. The van der Waals surface area contributed by atoms with Crippen LogP contribution in [-0.4, -0.2) is 17.1 Å². The summed E-state index contributed by atoms with van der Waals surface area (Å²) in [5, 5.41) is 10.6. The van der Waals surface area contributed by atoms with Gasteiger partial charge >= 0.3 is 0 Å². The summed E-state index contributed by atoms with van der Waals surface area (Å²) in [6, 6.07) is 16.8. The minimum Gasteiger partial charge on any atom is -0.497 e. The van der Waals surface area contributed by atoms with Gasteiger partial charge in [-0.1, -0.05) is 41.6 Å². The molecule has 0 amide bonds. The Morgan fingerprint density at radius 1 is 1.14 bits per heavy atom. The Morgan fingerprint density at radius 3 is 2.61 bits per heavy atom. The minimum absolute atomic E-state index is 0.0945.